The van der Waals surface area contributed by atoms with Crippen molar-refractivity contribution in [3.05, 3.63) is 87.0 Å². The molecular formula is C20H17ClFN3O2. The predicted octanol–water partition coefficient (Wildman–Crippen LogP) is 4.02. The van der Waals surface area contributed by atoms with E-state index in [1.54, 1.807) is 12.1 Å². The maximum Gasteiger partial charge on any atom is 0.287 e. The van der Waals surface area contributed by atoms with Gasteiger partial charge in [0.1, 0.15) is 5.02 Å². The minimum absolute atomic E-state index is 0.0605. The molecule has 1 aliphatic heterocycles. The van der Waals surface area contributed by atoms with E-state index in [1.807, 2.05) is 30.3 Å². The molecule has 1 aliphatic rings. The van der Waals surface area contributed by atoms with Gasteiger partial charge in [-0.25, -0.2) is 9.07 Å². The first-order valence-electron chi connectivity index (χ1n) is 8.61. The Morgan fingerprint density at radius 1 is 1.22 bits per heavy atom. The van der Waals surface area contributed by atoms with Crippen molar-refractivity contribution >= 4 is 17.3 Å². The molecule has 7 heteroatoms. The van der Waals surface area contributed by atoms with Crippen LogP contribution in [0, 0.1) is 5.82 Å². The highest BCUT2D eigenvalue weighted by atomic mass is 35.5. The molecule has 138 valence electrons. The van der Waals surface area contributed by atoms with Crippen molar-refractivity contribution in [2.75, 3.05) is 11.9 Å². The van der Waals surface area contributed by atoms with E-state index < -0.39 is 5.82 Å². The minimum atomic E-state index is -0.401. The molecule has 0 radical (unpaired) electrons. The number of halogens is 2. The molecule has 0 saturated carbocycles. The molecule has 1 atom stereocenters. The van der Waals surface area contributed by atoms with Crippen LogP contribution >= 0.6 is 11.6 Å². The third kappa shape index (κ3) is 3.53. The van der Waals surface area contributed by atoms with Crippen LogP contribution in [-0.2, 0) is 6.54 Å². The molecule has 27 heavy (non-hydrogen) atoms. The van der Waals surface area contributed by atoms with Crippen molar-refractivity contribution in [3.63, 3.8) is 0 Å². The van der Waals surface area contributed by atoms with E-state index in [1.165, 1.54) is 16.9 Å². The van der Waals surface area contributed by atoms with Crippen LogP contribution in [-0.4, -0.2) is 16.4 Å². The summed E-state index contributed by atoms with van der Waals surface area (Å²) in [6, 6.07) is 14.1. The third-order valence-electron chi connectivity index (χ3n) is 4.52. The van der Waals surface area contributed by atoms with Crippen molar-refractivity contribution in [2.45, 2.75) is 19.0 Å². The summed E-state index contributed by atoms with van der Waals surface area (Å²) in [6.07, 6.45) is 2.15. The van der Waals surface area contributed by atoms with Crippen LogP contribution in [0.1, 0.15) is 23.6 Å². The summed E-state index contributed by atoms with van der Waals surface area (Å²) in [5.41, 5.74) is 1.70. The van der Waals surface area contributed by atoms with E-state index >= 15 is 0 Å². The Balaban J connectivity index is 1.60. The van der Waals surface area contributed by atoms with E-state index in [9.17, 15) is 9.18 Å². The average Bonchev–Trinajstić information content (AvgIpc) is 2.69. The van der Waals surface area contributed by atoms with Crippen LogP contribution in [0.4, 0.5) is 10.1 Å². The van der Waals surface area contributed by atoms with Gasteiger partial charge in [-0.05, 0) is 11.6 Å². The number of nitrogens with zero attached hydrogens (tertiary/aromatic N) is 2. The van der Waals surface area contributed by atoms with Crippen LogP contribution in [0.25, 0.3) is 0 Å². The highest BCUT2D eigenvalue weighted by molar-refractivity contribution is 6.32. The second-order valence-corrected chi connectivity index (χ2v) is 6.69. The fraction of sp³-hybridized carbons (Fsp3) is 0.200. The molecule has 1 aromatic heterocycles. The zero-order chi connectivity index (χ0) is 18.8. The quantitative estimate of drug-likeness (QED) is 0.737. The second-order valence-electron chi connectivity index (χ2n) is 6.31. The zero-order valence-corrected chi connectivity index (χ0v) is 15.1. The average molecular weight is 386 g/mol. The molecule has 2 aromatic carbocycles. The zero-order valence-electron chi connectivity index (χ0n) is 14.4. The van der Waals surface area contributed by atoms with Gasteiger partial charge in [0.2, 0.25) is 0 Å². The van der Waals surface area contributed by atoms with Crippen molar-refractivity contribution in [1.82, 2.24) is 9.78 Å². The highest BCUT2D eigenvalue weighted by Gasteiger charge is 2.25. The molecule has 3 aromatic rings. The van der Waals surface area contributed by atoms with Gasteiger partial charge in [-0.15, -0.1) is 0 Å². The molecule has 0 bridgehead atoms. The van der Waals surface area contributed by atoms with Crippen LogP contribution in [0.5, 0.6) is 5.75 Å². The van der Waals surface area contributed by atoms with Crippen molar-refractivity contribution in [2.24, 2.45) is 0 Å². The molecule has 0 saturated heterocycles. The summed E-state index contributed by atoms with van der Waals surface area (Å²) in [5, 5.41) is 7.50. The van der Waals surface area contributed by atoms with E-state index in [0.717, 1.165) is 5.56 Å². The van der Waals surface area contributed by atoms with Gasteiger partial charge >= 0.3 is 0 Å². The normalized spacial score (nSPS) is 15.7. The maximum absolute atomic E-state index is 13.9. The summed E-state index contributed by atoms with van der Waals surface area (Å²) < 4.78 is 20.7. The van der Waals surface area contributed by atoms with Gasteiger partial charge in [0.25, 0.3) is 5.56 Å². The molecule has 1 N–H and O–H groups in total. The lowest BCUT2D eigenvalue weighted by molar-refractivity contribution is 0.260. The number of nitrogens with one attached hydrogen (secondary N) is 1. The predicted molar refractivity (Wildman–Crippen MR) is 102 cm³/mol. The number of benzene rings is 2. The summed E-state index contributed by atoms with van der Waals surface area (Å²) >= 11 is 6.30. The van der Waals surface area contributed by atoms with Crippen LogP contribution in [0.2, 0.25) is 5.02 Å². The Hall–Kier alpha value is -2.86. The molecule has 2 heterocycles. The van der Waals surface area contributed by atoms with E-state index in [4.69, 9.17) is 16.3 Å². The number of hydrogen-bond acceptors (Lipinski definition) is 4. The molecule has 0 spiro atoms. The highest BCUT2D eigenvalue weighted by Crippen LogP contribution is 2.36. The van der Waals surface area contributed by atoms with Gasteiger partial charge in [-0.3, -0.25) is 4.79 Å². The maximum atomic E-state index is 13.9. The Morgan fingerprint density at radius 3 is 2.85 bits per heavy atom. The van der Waals surface area contributed by atoms with Gasteiger partial charge in [-0.1, -0.05) is 54.1 Å². The number of para-hydroxylation sites is 1. The Morgan fingerprint density at radius 2 is 2.04 bits per heavy atom. The third-order valence-corrected chi connectivity index (χ3v) is 4.88. The first kappa shape index (κ1) is 17.5. The number of ether oxygens (including phenoxy) is 1. The summed E-state index contributed by atoms with van der Waals surface area (Å²) in [6.45, 7) is 0.715. The van der Waals surface area contributed by atoms with Gasteiger partial charge in [-0.2, -0.15) is 5.10 Å². The standard InChI is InChI=1S/C20H17ClFN3O2/c21-18-17(11-23-25(20(18)26)12-13-5-2-1-3-6-13)24-16-9-10-27-19-14(16)7-4-8-15(19)22/h1-8,11,16,24H,9-10,12H2/t16-/m0/s1. The molecule has 0 aliphatic carbocycles. The molecular weight excluding hydrogens is 369 g/mol. The van der Waals surface area contributed by atoms with Crippen molar-refractivity contribution in [1.29, 1.82) is 0 Å². The van der Waals surface area contributed by atoms with Crippen LogP contribution in [0.15, 0.2) is 59.5 Å². The molecule has 0 unspecified atom stereocenters. The van der Waals surface area contributed by atoms with Gasteiger partial charge in [0.15, 0.2) is 11.6 Å². The number of fused-ring (bicyclic) bond motifs is 1. The lowest BCUT2D eigenvalue weighted by Crippen LogP contribution is -2.26. The van der Waals surface area contributed by atoms with E-state index in [0.29, 0.717) is 30.8 Å². The summed E-state index contributed by atoms with van der Waals surface area (Å²) in [5.74, 6) is -0.163. The van der Waals surface area contributed by atoms with Crippen molar-refractivity contribution < 1.29 is 9.13 Å². The fourth-order valence-corrected chi connectivity index (χ4v) is 3.36. The lowest BCUT2D eigenvalue weighted by Gasteiger charge is -2.27. The summed E-state index contributed by atoms with van der Waals surface area (Å²) in [7, 11) is 0. The summed E-state index contributed by atoms with van der Waals surface area (Å²) in [4.78, 5) is 12.6. The second kappa shape index (κ2) is 7.40. The smallest absolute Gasteiger partial charge is 0.287 e. The SMILES string of the molecule is O=c1c(Cl)c(N[C@H]2CCOc3c(F)cccc32)cnn1Cc1ccccc1. The first-order valence-corrected chi connectivity index (χ1v) is 8.98. The van der Waals surface area contributed by atoms with Crippen LogP contribution < -0.4 is 15.6 Å². The fourth-order valence-electron chi connectivity index (χ4n) is 3.16. The van der Waals surface area contributed by atoms with Gasteiger partial charge in [0.05, 0.1) is 31.1 Å². The van der Waals surface area contributed by atoms with E-state index in [-0.39, 0.29) is 22.4 Å². The molecule has 0 amide bonds. The molecule has 5 nitrogen and oxygen atoms in total. The first-order chi connectivity index (χ1) is 13.1. The number of hydrogen-bond donors (Lipinski definition) is 1. The lowest BCUT2D eigenvalue weighted by atomic mass is 10.00. The van der Waals surface area contributed by atoms with Gasteiger partial charge in [0, 0.05) is 12.0 Å². The van der Waals surface area contributed by atoms with Gasteiger partial charge < -0.3 is 10.1 Å². The Kier molecular flexibility index (Phi) is 4.81. The Labute approximate surface area is 160 Å². The number of aromatic nitrogens is 2. The van der Waals surface area contributed by atoms with Crippen LogP contribution in [0.3, 0.4) is 0 Å². The largest absolute Gasteiger partial charge is 0.490 e. The number of anilines is 1. The molecule has 4 rings (SSSR count). The number of rotatable bonds is 4. The topological polar surface area (TPSA) is 56.1 Å². The van der Waals surface area contributed by atoms with Crippen molar-refractivity contribution in [3.8, 4) is 5.75 Å². The van der Waals surface area contributed by atoms with E-state index in [2.05, 4.69) is 10.4 Å². The minimum Gasteiger partial charge on any atom is -0.490 e. The molecule has 0 fully saturated rings. The monoisotopic (exact) mass is 385 g/mol. The Bertz CT molecular complexity index is 1020.